The lowest BCUT2D eigenvalue weighted by molar-refractivity contribution is -0.131. The summed E-state index contributed by atoms with van der Waals surface area (Å²) in [5.41, 5.74) is 0. The first-order chi connectivity index (χ1) is 5.74. The Morgan fingerprint density at radius 2 is 2.08 bits per heavy atom. The van der Waals surface area contributed by atoms with Crippen LogP contribution in [0.4, 0.5) is 0 Å². The van der Waals surface area contributed by atoms with Crippen molar-refractivity contribution in [3.8, 4) is 5.75 Å². The second-order valence-corrected chi connectivity index (χ2v) is 3.70. The number of esters is 1. The van der Waals surface area contributed by atoms with E-state index in [0.29, 0.717) is 9.32 Å². The molecule has 0 atom stereocenters. The van der Waals surface area contributed by atoms with E-state index in [0.717, 1.165) is 0 Å². The second-order valence-electron chi connectivity index (χ2n) is 2.10. The van der Waals surface area contributed by atoms with Crippen molar-refractivity contribution in [2.45, 2.75) is 6.92 Å². The van der Waals surface area contributed by atoms with Crippen molar-refractivity contribution in [1.29, 1.82) is 0 Å². The lowest BCUT2D eigenvalue weighted by Crippen LogP contribution is -2.02. The molecule has 12 heavy (non-hydrogen) atoms. The van der Waals surface area contributed by atoms with Crippen LogP contribution in [0.5, 0.6) is 5.75 Å². The molecule has 0 heterocycles. The third-order valence-electron chi connectivity index (χ3n) is 1.17. The van der Waals surface area contributed by atoms with Crippen LogP contribution in [0.15, 0.2) is 24.3 Å². The summed E-state index contributed by atoms with van der Waals surface area (Å²) in [5.74, 6) is 0.0210. The SMILES string of the molecule is CC(=O)Oc1ccccc1I=O. The van der Waals surface area contributed by atoms with Crippen LogP contribution in [0.1, 0.15) is 6.92 Å². The van der Waals surface area contributed by atoms with Gasteiger partial charge < -0.3 is 4.74 Å². The molecule has 64 valence electrons. The summed E-state index contributed by atoms with van der Waals surface area (Å²) in [7, 11) is 0. The normalized spacial score (nSPS) is 9.42. The number of para-hydroxylation sites is 1. The Morgan fingerprint density at radius 3 is 2.67 bits per heavy atom. The molecule has 1 aromatic carbocycles. The molecule has 3 nitrogen and oxygen atoms in total. The van der Waals surface area contributed by atoms with Crippen LogP contribution in [-0.4, -0.2) is 5.97 Å². The first-order valence-electron chi connectivity index (χ1n) is 3.28. The lowest BCUT2D eigenvalue weighted by Gasteiger charge is -2.01. The fraction of sp³-hybridized carbons (Fsp3) is 0.125. The van der Waals surface area contributed by atoms with Gasteiger partial charge in [-0.1, -0.05) is 12.1 Å². The minimum atomic E-state index is -1.27. The maximum atomic E-state index is 10.7. The summed E-state index contributed by atoms with van der Waals surface area (Å²) in [4.78, 5) is 10.6. The summed E-state index contributed by atoms with van der Waals surface area (Å²) in [5, 5.41) is 0. The third kappa shape index (κ3) is 2.37. The van der Waals surface area contributed by atoms with Crippen molar-refractivity contribution in [2.24, 2.45) is 0 Å². The van der Waals surface area contributed by atoms with Gasteiger partial charge in [0.05, 0.1) is 3.57 Å². The molecule has 0 aromatic heterocycles. The fourth-order valence-electron chi connectivity index (χ4n) is 0.746. The summed E-state index contributed by atoms with van der Waals surface area (Å²) < 4.78 is 16.1. The molecule has 4 heteroatoms. The minimum absolute atomic E-state index is 0.389. The lowest BCUT2D eigenvalue weighted by atomic mass is 10.3. The molecule has 0 N–H and O–H groups in total. The predicted octanol–water partition coefficient (Wildman–Crippen LogP) is 2.10. The van der Waals surface area contributed by atoms with E-state index in [4.69, 9.17) is 4.74 Å². The highest BCUT2D eigenvalue weighted by atomic mass is 127. The second kappa shape index (κ2) is 4.30. The molecule has 0 bridgehead atoms. The van der Waals surface area contributed by atoms with Gasteiger partial charge >= 0.3 is 5.97 Å². The van der Waals surface area contributed by atoms with Gasteiger partial charge in [0.15, 0.2) is 21.2 Å². The van der Waals surface area contributed by atoms with Crippen LogP contribution in [0, 0.1) is 3.57 Å². The van der Waals surface area contributed by atoms with Crippen LogP contribution in [0.3, 0.4) is 0 Å². The number of hydrogen-bond donors (Lipinski definition) is 0. The molecule has 0 aliphatic carbocycles. The van der Waals surface area contributed by atoms with Crippen molar-refractivity contribution >= 4 is 27.2 Å². The maximum Gasteiger partial charge on any atom is 0.308 e. The van der Waals surface area contributed by atoms with Crippen LogP contribution in [-0.2, 0) is 7.86 Å². The molecule has 0 unspecified atom stereocenters. The number of hydrogen-bond acceptors (Lipinski definition) is 3. The van der Waals surface area contributed by atoms with E-state index in [1.807, 2.05) is 0 Å². The highest BCUT2D eigenvalue weighted by molar-refractivity contribution is 14.1. The van der Waals surface area contributed by atoms with E-state index in [1.165, 1.54) is 6.92 Å². The summed E-state index contributed by atoms with van der Waals surface area (Å²) in [6.07, 6.45) is 0. The summed E-state index contributed by atoms with van der Waals surface area (Å²) >= 11 is -1.27. The van der Waals surface area contributed by atoms with Gasteiger partial charge in [0.2, 0.25) is 0 Å². The van der Waals surface area contributed by atoms with Crippen molar-refractivity contribution < 1.29 is 12.6 Å². The van der Waals surface area contributed by atoms with Gasteiger partial charge in [0.25, 0.3) is 0 Å². The molecule has 0 saturated carbocycles. The van der Waals surface area contributed by atoms with Gasteiger partial charge in [-0.2, -0.15) is 0 Å². The first kappa shape index (κ1) is 9.31. The number of ether oxygens (including phenoxy) is 1. The zero-order valence-electron chi connectivity index (χ0n) is 6.41. The molecule has 1 rings (SSSR count). The highest BCUT2D eigenvalue weighted by Gasteiger charge is 2.03. The van der Waals surface area contributed by atoms with Gasteiger partial charge in [0, 0.05) is 6.92 Å². The van der Waals surface area contributed by atoms with Crippen molar-refractivity contribution in [3.05, 3.63) is 27.8 Å². The number of carbonyl (C=O) groups excluding carboxylic acids is 1. The first-order valence-corrected chi connectivity index (χ1v) is 5.24. The van der Waals surface area contributed by atoms with Crippen molar-refractivity contribution in [3.63, 3.8) is 0 Å². The van der Waals surface area contributed by atoms with Gasteiger partial charge in [-0.3, -0.25) is 7.86 Å². The Hall–Kier alpha value is -0.780. The molecule has 0 aliphatic rings. The fourth-order valence-corrected chi connectivity index (χ4v) is 1.61. The average Bonchev–Trinajstić information content (AvgIpc) is 2.04. The van der Waals surface area contributed by atoms with Crippen LogP contribution in [0.2, 0.25) is 0 Å². The van der Waals surface area contributed by atoms with Gasteiger partial charge in [-0.05, 0) is 12.1 Å². The Bertz CT molecular complexity index is 309. The maximum absolute atomic E-state index is 10.7. The quantitative estimate of drug-likeness (QED) is 0.472. The number of halogens is 1. The molecule has 1 aromatic rings. The van der Waals surface area contributed by atoms with Gasteiger partial charge in [-0.25, -0.2) is 0 Å². The van der Waals surface area contributed by atoms with Gasteiger partial charge in [-0.15, -0.1) is 0 Å². The minimum Gasteiger partial charge on any atom is -0.425 e. The molecule has 0 saturated heterocycles. The molecule has 0 amide bonds. The van der Waals surface area contributed by atoms with Crippen LogP contribution in [0.25, 0.3) is 0 Å². The van der Waals surface area contributed by atoms with Crippen LogP contribution < -0.4 is 4.74 Å². The highest BCUT2D eigenvalue weighted by Crippen LogP contribution is 2.22. The zero-order valence-corrected chi connectivity index (χ0v) is 8.57. The zero-order chi connectivity index (χ0) is 8.97. The van der Waals surface area contributed by atoms with E-state index >= 15 is 0 Å². The Balaban J connectivity index is 2.96. The van der Waals surface area contributed by atoms with E-state index in [9.17, 15) is 7.86 Å². The number of benzene rings is 1. The Morgan fingerprint density at radius 1 is 1.42 bits per heavy atom. The smallest absolute Gasteiger partial charge is 0.308 e. The third-order valence-corrected chi connectivity index (χ3v) is 2.54. The molecular formula is C8H7IO3. The van der Waals surface area contributed by atoms with Gasteiger partial charge in [0.1, 0.15) is 5.75 Å². The summed E-state index contributed by atoms with van der Waals surface area (Å²) in [6.45, 7) is 1.32. The monoisotopic (exact) mass is 278 g/mol. The molecule has 0 spiro atoms. The molecule has 0 aliphatic heterocycles. The largest absolute Gasteiger partial charge is 0.425 e. The molecular weight excluding hydrogens is 271 g/mol. The number of rotatable bonds is 2. The topological polar surface area (TPSA) is 43.4 Å². The average molecular weight is 278 g/mol. The predicted molar refractivity (Wildman–Crippen MR) is 51.2 cm³/mol. The van der Waals surface area contributed by atoms with E-state index in [1.54, 1.807) is 24.3 Å². The summed E-state index contributed by atoms with van der Waals surface area (Å²) in [6, 6.07) is 6.83. The molecule has 0 radical (unpaired) electrons. The van der Waals surface area contributed by atoms with E-state index in [2.05, 4.69) is 0 Å². The van der Waals surface area contributed by atoms with E-state index in [-0.39, 0.29) is 5.97 Å². The Kier molecular flexibility index (Phi) is 3.33. The van der Waals surface area contributed by atoms with Crippen molar-refractivity contribution in [1.82, 2.24) is 0 Å². The standard InChI is InChI=1S/C8H7IO3/c1-6(10)12-8-5-3-2-4-7(8)9-11/h2-5H,1H3. The Labute approximate surface area is 80.4 Å². The van der Waals surface area contributed by atoms with Crippen molar-refractivity contribution in [2.75, 3.05) is 0 Å². The van der Waals surface area contributed by atoms with Crippen LogP contribution >= 0.6 is 21.2 Å². The van der Waals surface area contributed by atoms with E-state index < -0.39 is 21.2 Å². The number of carbonyl (C=O) groups is 1. The molecule has 0 fully saturated rings.